The van der Waals surface area contributed by atoms with Crippen molar-refractivity contribution in [1.29, 1.82) is 0 Å². The molecule has 0 aromatic heterocycles. The fraction of sp³-hybridized carbons (Fsp3) is 0.130. The third kappa shape index (κ3) is 6.41. The minimum Gasteiger partial charge on any atom is -0.492 e. The molecule has 1 amide bonds. The van der Waals surface area contributed by atoms with Crippen molar-refractivity contribution < 1.29 is 9.53 Å². The van der Waals surface area contributed by atoms with Crippen LogP contribution in [0, 0.1) is 6.92 Å². The van der Waals surface area contributed by atoms with E-state index in [1.54, 1.807) is 12.1 Å². The molecule has 3 rings (SSSR count). The van der Waals surface area contributed by atoms with Crippen molar-refractivity contribution in [2.75, 3.05) is 11.9 Å². The van der Waals surface area contributed by atoms with E-state index in [-0.39, 0.29) is 11.0 Å². The molecule has 0 aliphatic heterocycles. The number of benzene rings is 3. The Morgan fingerprint density at radius 1 is 1.03 bits per heavy atom. The number of hydrogen-bond donors (Lipinski definition) is 2. The summed E-state index contributed by atoms with van der Waals surface area (Å²) in [7, 11) is 0. The number of aryl methyl sites for hydroxylation is 1. The van der Waals surface area contributed by atoms with Crippen LogP contribution in [0.5, 0.6) is 5.75 Å². The van der Waals surface area contributed by atoms with Gasteiger partial charge in [0.05, 0.1) is 12.2 Å². The summed E-state index contributed by atoms with van der Waals surface area (Å²) in [5.74, 6) is 0.186. The van der Waals surface area contributed by atoms with Gasteiger partial charge in [-0.15, -0.1) is 0 Å². The van der Waals surface area contributed by atoms with E-state index in [2.05, 4.69) is 26.6 Å². The van der Waals surface area contributed by atoms with Crippen molar-refractivity contribution in [3.8, 4) is 5.75 Å². The first-order valence-corrected chi connectivity index (χ1v) is 10.4. The van der Waals surface area contributed by atoms with Crippen LogP contribution in [-0.4, -0.2) is 17.6 Å². The van der Waals surface area contributed by atoms with Crippen molar-refractivity contribution in [2.45, 2.75) is 13.3 Å². The lowest BCUT2D eigenvalue weighted by atomic mass is 10.1. The van der Waals surface area contributed by atoms with Crippen molar-refractivity contribution in [3.05, 3.63) is 94.0 Å². The zero-order valence-corrected chi connectivity index (χ0v) is 18.3. The summed E-state index contributed by atoms with van der Waals surface area (Å²) < 4.78 is 6.67. The number of ether oxygens (including phenoxy) is 1. The van der Waals surface area contributed by atoms with Crippen LogP contribution in [0.2, 0.25) is 0 Å². The number of halogens is 1. The molecule has 0 atom stereocenters. The third-order valence-corrected chi connectivity index (χ3v) is 4.91. The summed E-state index contributed by atoms with van der Waals surface area (Å²) in [4.78, 5) is 12.8. The van der Waals surface area contributed by atoms with Crippen LogP contribution in [0.25, 0.3) is 0 Å². The average molecular weight is 469 g/mol. The Balaban J connectivity index is 1.63. The smallest absolute Gasteiger partial charge is 0.261 e. The number of hydrogen-bond acceptors (Lipinski definition) is 3. The van der Waals surface area contributed by atoms with Crippen molar-refractivity contribution in [1.82, 2.24) is 5.32 Å². The number of rotatable bonds is 6. The zero-order chi connectivity index (χ0) is 20.6. The maximum atomic E-state index is 12.8. The Hall–Kier alpha value is -2.70. The van der Waals surface area contributed by atoms with Gasteiger partial charge >= 0.3 is 0 Å². The zero-order valence-electron chi connectivity index (χ0n) is 15.9. The fourth-order valence-electron chi connectivity index (χ4n) is 2.70. The van der Waals surface area contributed by atoms with Gasteiger partial charge in [-0.2, -0.15) is 0 Å². The highest BCUT2D eigenvalue weighted by Crippen LogP contribution is 2.23. The van der Waals surface area contributed by atoms with E-state index in [4.69, 9.17) is 17.0 Å². The predicted octanol–water partition coefficient (Wildman–Crippen LogP) is 5.51. The van der Waals surface area contributed by atoms with Gasteiger partial charge in [0.2, 0.25) is 0 Å². The van der Waals surface area contributed by atoms with Crippen LogP contribution in [0.1, 0.15) is 21.5 Å². The molecule has 0 heterocycles. The highest BCUT2D eigenvalue weighted by atomic mass is 79.9. The summed E-state index contributed by atoms with van der Waals surface area (Å²) in [6.07, 6.45) is 0.755. The Bertz CT molecular complexity index is 992. The molecule has 3 aromatic rings. The minimum absolute atomic E-state index is 0.231. The number of nitrogens with one attached hydrogen (secondary N) is 2. The largest absolute Gasteiger partial charge is 0.492 e. The Labute approximate surface area is 184 Å². The van der Waals surface area contributed by atoms with Gasteiger partial charge in [0.15, 0.2) is 5.11 Å². The molecule has 0 aliphatic carbocycles. The molecular weight excluding hydrogens is 448 g/mol. The van der Waals surface area contributed by atoms with Crippen LogP contribution >= 0.6 is 28.1 Å². The quantitative estimate of drug-likeness (QED) is 0.468. The third-order valence-electron chi connectivity index (χ3n) is 4.21. The van der Waals surface area contributed by atoms with E-state index < -0.39 is 0 Å². The molecule has 2 N–H and O–H groups in total. The van der Waals surface area contributed by atoms with E-state index >= 15 is 0 Å². The summed E-state index contributed by atoms with van der Waals surface area (Å²) in [5, 5.41) is 5.96. The number of amides is 1. The van der Waals surface area contributed by atoms with Crippen LogP contribution in [0.15, 0.2) is 77.3 Å². The second-order valence-corrected chi connectivity index (χ2v) is 7.82. The van der Waals surface area contributed by atoms with Crippen molar-refractivity contribution in [2.24, 2.45) is 0 Å². The van der Waals surface area contributed by atoms with Crippen LogP contribution < -0.4 is 15.4 Å². The van der Waals surface area contributed by atoms with Gasteiger partial charge < -0.3 is 10.1 Å². The monoisotopic (exact) mass is 468 g/mol. The SMILES string of the molecule is Cc1ccc(NC(=S)NC(=O)c2cc(Br)ccc2OCCc2ccccc2)cc1. The standard InChI is InChI=1S/C23H21BrN2O2S/c1-16-7-10-19(11-8-16)25-23(29)26-22(27)20-15-18(24)9-12-21(20)28-14-13-17-5-3-2-4-6-17/h2-12,15H,13-14H2,1H3,(H2,25,26,27,29). The second-order valence-electron chi connectivity index (χ2n) is 6.50. The molecule has 29 heavy (non-hydrogen) atoms. The lowest BCUT2D eigenvalue weighted by Gasteiger charge is -2.14. The van der Waals surface area contributed by atoms with Gasteiger partial charge in [0, 0.05) is 16.6 Å². The van der Waals surface area contributed by atoms with Gasteiger partial charge in [-0.3, -0.25) is 10.1 Å². The molecule has 0 spiro atoms. The lowest BCUT2D eigenvalue weighted by Crippen LogP contribution is -2.34. The maximum absolute atomic E-state index is 12.8. The van der Waals surface area contributed by atoms with E-state index in [1.807, 2.05) is 67.6 Å². The summed E-state index contributed by atoms with van der Waals surface area (Å²) in [5.41, 5.74) is 3.56. The van der Waals surface area contributed by atoms with E-state index in [0.717, 1.165) is 22.1 Å². The lowest BCUT2D eigenvalue weighted by molar-refractivity contribution is 0.0973. The highest BCUT2D eigenvalue weighted by molar-refractivity contribution is 9.10. The van der Waals surface area contributed by atoms with E-state index in [1.165, 1.54) is 5.56 Å². The number of anilines is 1. The van der Waals surface area contributed by atoms with Crippen LogP contribution in [-0.2, 0) is 6.42 Å². The molecule has 0 unspecified atom stereocenters. The number of carbonyl (C=O) groups is 1. The molecule has 0 fully saturated rings. The molecule has 0 radical (unpaired) electrons. The van der Waals surface area contributed by atoms with Crippen LogP contribution in [0.3, 0.4) is 0 Å². The first kappa shape index (κ1) is 21.0. The van der Waals surface area contributed by atoms with Crippen molar-refractivity contribution >= 4 is 44.9 Å². The summed E-state index contributed by atoms with van der Waals surface area (Å²) >= 11 is 8.69. The highest BCUT2D eigenvalue weighted by Gasteiger charge is 2.15. The molecular formula is C23H21BrN2O2S. The van der Waals surface area contributed by atoms with Gasteiger partial charge in [0.25, 0.3) is 5.91 Å². The minimum atomic E-state index is -0.328. The molecule has 6 heteroatoms. The van der Waals surface area contributed by atoms with E-state index in [0.29, 0.717) is 17.9 Å². The molecule has 3 aromatic carbocycles. The topological polar surface area (TPSA) is 50.4 Å². The molecule has 0 aliphatic rings. The predicted molar refractivity (Wildman–Crippen MR) is 125 cm³/mol. The molecule has 0 bridgehead atoms. The van der Waals surface area contributed by atoms with Gasteiger partial charge in [0.1, 0.15) is 5.75 Å². The molecule has 148 valence electrons. The summed E-state index contributed by atoms with van der Waals surface area (Å²) in [6.45, 7) is 2.48. The fourth-order valence-corrected chi connectivity index (χ4v) is 3.27. The number of thiocarbonyl (C=S) groups is 1. The van der Waals surface area contributed by atoms with Gasteiger partial charge in [-0.05, 0) is 55.0 Å². The Morgan fingerprint density at radius 2 is 1.76 bits per heavy atom. The normalized spacial score (nSPS) is 10.3. The molecule has 4 nitrogen and oxygen atoms in total. The Morgan fingerprint density at radius 3 is 2.48 bits per heavy atom. The van der Waals surface area contributed by atoms with Crippen molar-refractivity contribution in [3.63, 3.8) is 0 Å². The summed E-state index contributed by atoms with van der Waals surface area (Å²) in [6, 6.07) is 23.2. The van der Waals surface area contributed by atoms with E-state index in [9.17, 15) is 4.79 Å². The number of carbonyl (C=O) groups excluding carboxylic acids is 1. The van der Waals surface area contributed by atoms with Crippen LogP contribution in [0.4, 0.5) is 5.69 Å². The van der Waals surface area contributed by atoms with Gasteiger partial charge in [-0.1, -0.05) is 64.0 Å². The molecule has 0 saturated carbocycles. The first-order valence-electron chi connectivity index (χ1n) is 9.16. The maximum Gasteiger partial charge on any atom is 0.261 e. The Kier molecular flexibility index (Phi) is 7.38. The van der Waals surface area contributed by atoms with Gasteiger partial charge in [-0.25, -0.2) is 0 Å². The average Bonchev–Trinajstić information content (AvgIpc) is 2.71. The first-order chi connectivity index (χ1) is 14.0. The molecule has 0 saturated heterocycles. The second kappa shape index (κ2) is 10.2.